The molecule has 4 rings (SSSR count). The Morgan fingerprint density at radius 2 is 2.04 bits per heavy atom. The van der Waals surface area contributed by atoms with E-state index in [4.69, 9.17) is 4.74 Å². The summed E-state index contributed by atoms with van der Waals surface area (Å²) < 4.78 is 7.57. The van der Waals surface area contributed by atoms with Gasteiger partial charge in [0.1, 0.15) is 17.3 Å². The molecule has 0 spiro atoms. The van der Waals surface area contributed by atoms with Crippen molar-refractivity contribution in [2.45, 2.75) is 32.6 Å². The highest BCUT2D eigenvalue weighted by Gasteiger charge is 2.25. The second-order valence-corrected chi connectivity index (χ2v) is 6.30. The minimum atomic E-state index is 0.440. The van der Waals surface area contributed by atoms with Crippen LogP contribution in [0.5, 0.6) is 5.75 Å². The predicted octanol–water partition coefficient (Wildman–Crippen LogP) is 3.70. The van der Waals surface area contributed by atoms with Gasteiger partial charge >= 0.3 is 0 Å². The van der Waals surface area contributed by atoms with Crippen LogP contribution < -0.4 is 4.74 Å². The first-order valence-corrected chi connectivity index (χ1v) is 8.24. The van der Waals surface area contributed by atoms with Crippen LogP contribution in [0, 0.1) is 6.92 Å². The quantitative estimate of drug-likeness (QED) is 0.722. The van der Waals surface area contributed by atoms with Gasteiger partial charge in [-0.05, 0) is 55.2 Å². The van der Waals surface area contributed by atoms with Crippen molar-refractivity contribution in [1.29, 1.82) is 0 Å². The van der Waals surface area contributed by atoms with E-state index in [0.717, 1.165) is 47.3 Å². The Bertz CT molecular complexity index is 900. The lowest BCUT2D eigenvalue weighted by atomic mass is 9.95. The van der Waals surface area contributed by atoms with Gasteiger partial charge in [-0.15, -0.1) is 10.2 Å². The first kappa shape index (κ1) is 14.9. The van der Waals surface area contributed by atoms with E-state index >= 15 is 0 Å². The molecule has 3 aromatic rings. The third-order valence-corrected chi connectivity index (χ3v) is 4.65. The summed E-state index contributed by atoms with van der Waals surface area (Å²) in [6, 6.07) is 12.2. The monoisotopic (exact) mass is 320 g/mol. The number of nitrogens with zero attached hydrogens (tertiary/aromatic N) is 4. The molecular weight excluding hydrogens is 300 g/mol. The normalized spacial score (nSPS) is 16.2. The number of aromatic nitrogens is 4. The Labute approximate surface area is 141 Å². The summed E-state index contributed by atoms with van der Waals surface area (Å²) in [6.45, 7) is 4.24. The maximum atomic E-state index is 5.42. The lowest BCUT2D eigenvalue weighted by Gasteiger charge is -2.16. The van der Waals surface area contributed by atoms with E-state index in [1.807, 2.05) is 31.2 Å². The van der Waals surface area contributed by atoms with Crippen LogP contribution in [-0.4, -0.2) is 26.9 Å². The molecule has 0 fully saturated rings. The highest BCUT2D eigenvalue weighted by molar-refractivity contribution is 5.58. The topological polar surface area (TPSA) is 52.8 Å². The molecule has 1 aromatic carbocycles. The molecule has 3 heterocycles. The van der Waals surface area contributed by atoms with Gasteiger partial charge < -0.3 is 4.74 Å². The van der Waals surface area contributed by atoms with Crippen molar-refractivity contribution >= 4 is 0 Å². The molecule has 2 aromatic heterocycles. The second-order valence-electron chi connectivity index (χ2n) is 6.30. The van der Waals surface area contributed by atoms with Gasteiger partial charge in [0, 0.05) is 12.1 Å². The Morgan fingerprint density at radius 3 is 2.83 bits per heavy atom. The summed E-state index contributed by atoms with van der Waals surface area (Å²) in [6.07, 6.45) is 1.94. The fraction of sp³-hybridized carbons (Fsp3) is 0.316. The number of aryl methyl sites for hydroxylation is 2. The molecule has 0 saturated carbocycles. The van der Waals surface area contributed by atoms with Gasteiger partial charge in [0.15, 0.2) is 5.82 Å². The van der Waals surface area contributed by atoms with Gasteiger partial charge in [-0.1, -0.05) is 13.0 Å². The molecule has 0 amide bonds. The molecule has 24 heavy (non-hydrogen) atoms. The molecule has 1 unspecified atom stereocenters. The van der Waals surface area contributed by atoms with E-state index in [1.165, 1.54) is 5.56 Å². The number of benzene rings is 1. The van der Waals surface area contributed by atoms with E-state index in [9.17, 15) is 0 Å². The third-order valence-electron chi connectivity index (χ3n) is 4.65. The van der Waals surface area contributed by atoms with Crippen LogP contribution in [-0.2, 0) is 6.42 Å². The molecule has 122 valence electrons. The average molecular weight is 320 g/mol. The Kier molecular flexibility index (Phi) is 3.56. The first-order valence-electron chi connectivity index (χ1n) is 8.24. The number of hydrogen-bond donors (Lipinski definition) is 0. The smallest absolute Gasteiger partial charge is 0.187 e. The van der Waals surface area contributed by atoms with Crippen LogP contribution in [0.25, 0.3) is 17.2 Å². The third kappa shape index (κ3) is 2.37. The molecule has 0 bridgehead atoms. The predicted molar refractivity (Wildman–Crippen MR) is 92.6 cm³/mol. The zero-order valence-corrected chi connectivity index (χ0v) is 14.2. The summed E-state index contributed by atoms with van der Waals surface area (Å²) in [4.78, 5) is 4.63. The van der Waals surface area contributed by atoms with Crippen molar-refractivity contribution < 1.29 is 4.74 Å². The van der Waals surface area contributed by atoms with Gasteiger partial charge in [0.25, 0.3) is 0 Å². The van der Waals surface area contributed by atoms with Gasteiger partial charge in [-0.2, -0.15) is 0 Å². The average Bonchev–Trinajstić information content (AvgIpc) is 2.97. The molecule has 1 atom stereocenters. The van der Waals surface area contributed by atoms with Gasteiger partial charge in [-0.3, -0.25) is 4.57 Å². The molecule has 1 aliphatic heterocycles. The molecule has 5 heteroatoms. The van der Waals surface area contributed by atoms with E-state index in [0.29, 0.717) is 5.92 Å². The maximum absolute atomic E-state index is 5.42. The zero-order valence-electron chi connectivity index (χ0n) is 14.2. The SMILES string of the molecule is COc1ccc2c(c1)C(C)CCc1nnc(-c3cccc(C)n3)n1-2. The fourth-order valence-corrected chi connectivity index (χ4v) is 3.32. The largest absolute Gasteiger partial charge is 0.497 e. The zero-order chi connectivity index (χ0) is 16.7. The van der Waals surface area contributed by atoms with E-state index < -0.39 is 0 Å². The van der Waals surface area contributed by atoms with Gasteiger partial charge in [0.05, 0.1) is 12.8 Å². The molecule has 1 aliphatic rings. The lowest BCUT2D eigenvalue weighted by molar-refractivity contribution is 0.414. The fourth-order valence-electron chi connectivity index (χ4n) is 3.32. The van der Waals surface area contributed by atoms with Gasteiger partial charge in [-0.25, -0.2) is 4.98 Å². The van der Waals surface area contributed by atoms with Crippen LogP contribution in [0.15, 0.2) is 36.4 Å². The standard InChI is InChI=1S/C19H20N4O/c1-12-7-10-18-21-22-19(16-6-4-5-13(2)20-16)23(18)17-9-8-14(24-3)11-15(12)17/h4-6,8-9,11-12H,7,10H2,1-3H3. The first-order chi connectivity index (χ1) is 11.7. The summed E-state index contributed by atoms with van der Waals surface area (Å²) in [5.74, 6) is 3.11. The van der Waals surface area contributed by atoms with Crippen LogP contribution in [0.2, 0.25) is 0 Å². The molecule has 0 radical (unpaired) electrons. The highest BCUT2D eigenvalue weighted by atomic mass is 16.5. The Balaban J connectivity index is 1.95. The Hall–Kier alpha value is -2.69. The van der Waals surface area contributed by atoms with Gasteiger partial charge in [0.2, 0.25) is 0 Å². The Morgan fingerprint density at radius 1 is 1.17 bits per heavy atom. The highest BCUT2D eigenvalue weighted by Crippen LogP contribution is 2.36. The molecular formula is C19H20N4O. The number of rotatable bonds is 2. The lowest BCUT2D eigenvalue weighted by Crippen LogP contribution is -2.04. The van der Waals surface area contributed by atoms with Crippen LogP contribution in [0.1, 0.15) is 36.3 Å². The number of methoxy groups -OCH3 is 1. The number of ether oxygens (including phenoxy) is 1. The van der Waals surface area contributed by atoms with Crippen molar-refractivity contribution in [3.63, 3.8) is 0 Å². The number of pyridine rings is 1. The van der Waals surface area contributed by atoms with Crippen LogP contribution >= 0.6 is 0 Å². The summed E-state index contributed by atoms with van der Waals surface area (Å²) >= 11 is 0. The number of fused-ring (bicyclic) bond motifs is 3. The summed E-state index contributed by atoms with van der Waals surface area (Å²) in [7, 11) is 1.70. The number of hydrogen-bond acceptors (Lipinski definition) is 4. The van der Waals surface area contributed by atoms with Crippen molar-refractivity contribution in [2.75, 3.05) is 7.11 Å². The van der Waals surface area contributed by atoms with Crippen LogP contribution in [0.4, 0.5) is 0 Å². The summed E-state index contributed by atoms with van der Waals surface area (Å²) in [5, 5.41) is 8.88. The second kappa shape index (κ2) is 5.74. The van der Waals surface area contributed by atoms with E-state index in [-0.39, 0.29) is 0 Å². The minimum Gasteiger partial charge on any atom is -0.497 e. The van der Waals surface area contributed by atoms with Crippen molar-refractivity contribution in [3.8, 4) is 23.0 Å². The van der Waals surface area contributed by atoms with E-state index in [2.05, 4.69) is 38.8 Å². The van der Waals surface area contributed by atoms with E-state index in [1.54, 1.807) is 7.11 Å². The van der Waals surface area contributed by atoms with Crippen LogP contribution in [0.3, 0.4) is 0 Å². The summed E-state index contributed by atoms with van der Waals surface area (Å²) in [5.41, 5.74) is 4.22. The molecule has 0 aliphatic carbocycles. The van der Waals surface area contributed by atoms with Crippen molar-refractivity contribution in [2.24, 2.45) is 0 Å². The van der Waals surface area contributed by atoms with Crippen molar-refractivity contribution in [1.82, 2.24) is 19.7 Å². The van der Waals surface area contributed by atoms with Crippen molar-refractivity contribution in [3.05, 3.63) is 53.5 Å². The molecule has 0 N–H and O–H groups in total. The molecule has 0 saturated heterocycles. The maximum Gasteiger partial charge on any atom is 0.187 e. The molecule has 5 nitrogen and oxygen atoms in total. The minimum absolute atomic E-state index is 0.440.